The molecule has 0 spiro atoms. The van der Waals surface area contributed by atoms with Crippen molar-refractivity contribution in [1.29, 1.82) is 0 Å². The smallest absolute Gasteiger partial charge is 0.268 e. The molecular formula is C22H22ClN3O2. The van der Waals surface area contributed by atoms with Gasteiger partial charge in [-0.25, -0.2) is 0 Å². The van der Waals surface area contributed by atoms with Crippen LogP contribution in [0.25, 0.3) is 22.2 Å². The lowest BCUT2D eigenvalue weighted by molar-refractivity contribution is 0.0997. The summed E-state index contributed by atoms with van der Waals surface area (Å²) in [5.41, 5.74) is 9.33. The minimum atomic E-state index is -0.724. The molecule has 0 saturated heterocycles. The van der Waals surface area contributed by atoms with Gasteiger partial charge >= 0.3 is 0 Å². The number of primary amides is 1. The first-order valence-electron chi connectivity index (χ1n) is 9.47. The Balaban J connectivity index is 1.83. The SMILES string of the molecule is Cc1cc(C2CCC(C)C2)c(Cl)cc1-c1cc(=O)c2c(C(N)=O)nccc2[nH]1. The largest absolute Gasteiger partial charge is 0.364 e. The molecule has 1 aliphatic rings. The van der Waals surface area contributed by atoms with Gasteiger partial charge in [-0.05, 0) is 54.9 Å². The van der Waals surface area contributed by atoms with Crippen molar-refractivity contribution in [2.75, 3.05) is 0 Å². The minimum Gasteiger partial charge on any atom is -0.364 e. The lowest BCUT2D eigenvalue weighted by Crippen LogP contribution is -2.17. The maximum atomic E-state index is 12.7. The van der Waals surface area contributed by atoms with E-state index in [4.69, 9.17) is 17.3 Å². The van der Waals surface area contributed by atoms with Crippen molar-refractivity contribution in [3.63, 3.8) is 0 Å². The maximum Gasteiger partial charge on any atom is 0.268 e. The van der Waals surface area contributed by atoms with Crippen molar-refractivity contribution in [2.24, 2.45) is 11.7 Å². The fourth-order valence-electron chi connectivity index (χ4n) is 4.33. The van der Waals surface area contributed by atoms with Crippen LogP contribution >= 0.6 is 11.6 Å². The number of amides is 1. The predicted octanol–water partition coefficient (Wildman–Crippen LogP) is 4.55. The highest BCUT2D eigenvalue weighted by Crippen LogP contribution is 2.42. The molecular weight excluding hydrogens is 374 g/mol. The van der Waals surface area contributed by atoms with Gasteiger partial charge in [0.2, 0.25) is 0 Å². The van der Waals surface area contributed by atoms with Crippen LogP contribution in [-0.2, 0) is 0 Å². The number of aromatic nitrogens is 2. The number of hydrogen-bond acceptors (Lipinski definition) is 3. The van der Waals surface area contributed by atoms with E-state index in [9.17, 15) is 9.59 Å². The number of halogens is 1. The minimum absolute atomic E-state index is 0.0224. The lowest BCUT2D eigenvalue weighted by atomic mass is 9.92. The summed E-state index contributed by atoms with van der Waals surface area (Å²) in [7, 11) is 0. The molecule has 5 nitrogen and oxygen atoms in total. The Hall–Kier alpha value is -2.66. The van der Waals surface area contributed by atoms with Crippen molar-refractivity contribution in [2.45, 2.75) is 39.0 Å². The third kappa shape index (κ3) is 3.20. The number of fused-ring (bicyclic) bond motifs is 1. The second-order valence-electron chi connectivity index (χ2n) is 7.80. The summed E-state index contributed by atoms with van der Waals surface area (Å²) in [6.07, 6.45) is 5.02. The molecule has 144 valence electrons. The quantitative estimate of drug-likeness (QED) is 0.681. The average molecular weight is 396 g/mol. The van der Waals surface area contributed by atoms with Crippen molar-refractivity contribution < 1.29 is 4.79 Å². The number of pyridine rings is 2. The second-order valence-corrected chi connectivity index (χ2v) is 8.20. The van der Waals surface area contributed by atoms with E-state index < -0.39 is 5.91 Å². The number of rotatable bonds is 3. The van der Waals surface area contributed by atoms with Gasteiger partial charge in [0.1, 0.15) is 5.69 Å². The number of nitrogens with one attached hydrogen (secondary N) is 1. The topological polar surface area (TPSA) is 88.8 Å². The molecule has 1 amide bonds. The van der Waals surface area contributed by atoms with Gasteiger partial charge in [-0.2, -0.15) is 0 Å². The third-order valence-corrected chi connectivity index (χ3v) is 6.07. The van der Waals surface area contributed by atoms with Gasteiger partial charge in [0.15, 0.2) is 5.43 Å². The van der Waals surface area contributed by atoms with Crippen LogP contribution in [0.15, 0.2) is 35.3 Å². The van der Waals surface area contributed by atoms with Gasteiger partial charge in [0.05, 0.1) is 16.6 Å². The first-order chi connectivity index (χ1) is 13.3. The molecule has 0 bridgehead atoms. The van der Waals surface area contributed by atoms with Crippen molar-refractivity contribution in [3.8, 4) is 11.3 Å². The highest BCUT2D eigenvalue weighted by Gasteiger charge is 2.25. The van der Waals surface area contributed by atoms with Crippen molar-refractivity contribution >= 4 is 28.4 Å². The van der Waals surface area contributed by atoms with E-state index in [1.807, 2.05) is 13.0 Å². The molecule has 0 aliphatic heterocycles. The van der Waals surface area contributed by atoms with E-state index in [-0.39, 0.29) is 16.5 Å². The summed E-state index contributed by atoms with van der Waals surface area (Å²) in [4.78, 5) is 31.5. The lowest BCUT2D eigenvalue weighted by Gasteiger charge is -2.16. The van der Waals surface area contributed by atoms with Crippen LogP contribution < -0.4 is 11.2 Å². The molecule has 2 aromatic heterocycles. The number of aromatic amines is 1. The van der Waals surface area contributed by atoms with Gasteiger partial charge in [-0.1, -0.05) is 31.0 Å². The Morgan fingerprint density at radius 3 is 2.75 bits per heavy atom. The van der Waals surface area contributed by atoms with Gasteiger partial charge in [0, 0.05) is 22.8 Å². The van der Waals surface area contributed by atoms with Gasteiger partial charge in [-0.3, -0.25) is 14.6 Å². The third-order valence-electron chi connectivity index (χ3n) is 5.74. The Morgan fingerprint density at radius 2 is 2.07 bits per heavy atom. The van der Waals surface area contributed by atoms with Crippen LogP contribution in [0.3, 0.4) is 0 Å². The van der Waals surface area contributed by atoms with E-state index in [1.54, 1.807) is 6.07 Å². The number of hydrogen-bond donors (Lipinski definition) is 2. The Bertz CT molecular complexity index is 1150. The first-order valence-corrected chi connectivity index (χ1v) is 9.85. The normalized spacial score (nSPS) is 19.2. The number of carbonyl (C=O) groups excluding carboxylic acids is 1. The van der Waals surface area contributed by atoms with Crippen LogP contribution in [0.2, 0.25) is 5.02 Å². The molecule has 1 aliphatic carbocycles. The van der Waals surface area contributed by atoms with Crippen LogP contribution in [0, 0.1) is 12.8 Å². The molecule has 1 fully saturated rings. The highest BCUT2D eigenvalue weighted by atomic mass is 35.5. The van der Waals surface area contributed by atoms with E-state index >= 15 is 0 Å². The van der Waals surface area contributed by atoms with Gasteiger partial charge in [-0.15, -0.1) is 0 Å². The Kier molecular flexibility index (Phi) is 4.71. The fourth-order valence-corrected chi connectivity index (χ4v) is 4.65. The summed E-state index contributed by atoms with van der Waals surface area (Å²) in [5.74, 6) is 0.499. The fraction of sp³-hybridized carbons (Fsp3) is 0.318. The van der Waals surface area contributed by atoms with Crippen LogP contribution in [0.1, 0.15) is 53.7 Å². The molecule has 2 unspecified atom stereocenters. The molecule has 2 heterocycles. The molecule has 4 rings (SSSR count). The van der Waals surface area contributed by atoms with Crippen LogP contribution in [0.4, 0.5) is 0 Å². The zero-order chi connectivity index (χ0) is 20.0. The highest BCUT2D eigenvalue weighted by molar-refractivity contribution is 6.31. The Labute approximate surface area is 167 Å². The number of nitrogens with two attached hydrogens (primary N) is 1. The van der Waals surface area contributed by atoms with E-state index in [2.05, 4.69) is 23.0 Å². The van der Waals surface area contributed by atoms with E-state index in [0.29, 0.717) is 17.1 Å². The second kappa shape index (κ2) is 7.06. The number of carbonyl (C=O) groups is 1. The maximum absolute atomic E-state index is 12.7. The molecule has 0 radical (unpaired) electrons. The summed E-state index contributed by atoms with van der Waals surface area (Å²) in [5, 5.41) is 0.937. The summed E-state index contributed by atoms with van der Waals surface area (Å²) < 4.78 is 0. The summed E-state index contributed by atoms with van der Waals surface area (Å²) >= 11 is 6.64. The summed E-state index contributed by atoms with van der Waals surface area (Å²) in [6.45, 7) is 4.31. The van der Waals surface area contributed by atoms with Crippen molar-refractivity contribution in [3.05, 3.63) is 62.5 Å². The zero-order valence-corrected chi connectivity index (χ0v) is 16.6. The number of nitrogens with zero attached hydrogens (tertiary/aromatic N) is 1. The monoisotopic (exact) mass is 395 g/mol. The molecule has 3 aromatic rings. The van der Waals surface area contributed by atoms with Gasteiger partial charge < -0.3 is 10.7 Å². The molecule has 1 aromatic carbocycles. The molecule has 28 heavy (non-hydrogen) atoms. The zero-order valence-electron chi connectivity index (χ0n) is 15.9. The number of benzene rings is 1. The molecule has 6 heteroatoms. The molecule has 2 atom stereocenters. The van der Waals surface area contributed by atoms with Gasteiger partial charge in [0.25, 0.3) is 5.91 Å². The van der Waals surface area contributed by atoms with Crippen molar-refractivity contribution in [1.82, 2.24) is 9.97 Å². The molecule has 3 N–H and O–H groups in total. The predicted molar refractivity (Wildman–Crippen MR) is 112 cm³/mol. The van der Waals surface area contributed by atoms with Crippen LogP contribution in [0.5, 0.6) is 0 Å². The molecule has 1 saturated carbocycles. The number of H-pyrrole nitrogens is 1. The average Bonchev–Trinajstić information content (AvgIpc) is 3.08. The number of aryl methyl sites for hydroxylation is 1. The van der Waals surface area contributed by atoms with E-state index in [1.165, 1.54) is 24.2 Å². The standard InChI is InChI=1S/C22H22ClN3O2/c1-11-3-4-13(7-11)15-8-12(2)14(9-16(15)23)18-10-19(27)20-17(26-18)5-6-25-21(20)22(24)28/h5-6,8-11,13H,3-4,7H2,1-2H3,(H2,24,28)(H,26,27). The Morgan fingerprint density at radius 1 is 1.29 bits per heavy atom. The first kappa shape index (κ1) is 18.7. The van der Waals surface area contributed by atoms with Crippen LogP contribution in [-0.4, -0.2) is 15.9 Å². The van der Waals surface area contributed by atoms with E-state index in [0.717, 1.165) is 34.9 Å². The summed E-state index contributed by atoms with van der Waals surface area (Å²) in [6, 6.07) is 7.22.